The minimum absolute atomic E-state index is 0.106. The zero-order valence-corrected chi connectivity index (χ0v) is 17.8. The highest BCUT2D eigenvalue weighted by molar-refractivity contribution is 6.26. The fraction of sp³-hybridized carbons (Fsp3) is 0.458. The highest BCUT2D eigenvalue weighted by Crippen LogP contribution is 2.51. The quantitative estimate of drug-likeness (QED) is 0.535. The van der Waals surface area contributed by atoms with E-state index in [0.717, 1.165) is 37.2 Å². The number of rotatable bonds is 9. The van der Waals surface area contributed by atoms with E-state index in [1.165, 1.54) is 12.8 Å². The van der Waals surface area contributed by atoms with Crippen LogP contribution >= 0.6 is 0 Å². The predicted molar refractivity (Wildman–Crippen MR) is 118 cm³/mol. The molecule has 1 aliphatic carbocycles. The molecule has 0 saturated carbocycles. The summed E-state index contributed by atoms with van der Waals surface area (Å²) in [6.07, 6.45) is 3.35. The smallest absolute Gasteiger partial charge is 0.196 e. The zero-order valence-electron chi connectivity index (χ0n) is 17.8. The van der Waals surface area contributed by atoms with Gasteiger partial charge in [-0.25, -0.2) is 0 Å². The Kier molecular flexibility index (Phi) is 6.13. The number of nitrogens with zero attached hydrogens (tertiary/aromatic N) is 1. The number of hydrogen-bond donors (Lipinski definition) is 1. The molecule has 1 saturated heterocycles. The minimum atomic E-state index is -0.106. The van der Waals surface area contributed by atoms with Crippen LogP contribution < -0.4 is 19.9 Å². The van der Waals surface area contributed by atoms with Gasteiger partial charge in [0.25, 0.3) is 0 Å². The Labute approximate surface area is 177 Å². The van der Waals surface area contributed by atoms with E-state index in [4.69, 9.17) is 19.9 Å². The van der Waals surface area contributed by atoms with Gasteiger partial charge < -0.3 is 19.9 Å². The van der Waals surface area contributed by atoms with Crippen LogP contribution in [0.25, 0.3) is 11.1 Å². The van der Waals surface area contributed by atoms with E-state index >= 15 is 0 Å². The number of fused-ring (bicyclic) bond motifs is 3. The lowest BCUT2D eigenvalue weighted by atomic mass is 10.0. The number of hydrogen-bond acceptors (Lipinski definition) is 6. The molecule has 30 heavy (non-hydrogen) atoms. The van der Waals surface area contributed by atoms with Crippen molar-refractivity contribution >= 4 is 11.5 Å². The molecule has 1 fully saturated rings. The highest BCUT2D eigenvalue weighted by Gasteiger charge is 2.36. The van der Waals surface area contributed by atoms with Gasteiger partial charge in [-0.3, -0.25) is 9.69 Å². The monoisotopic (exact) mass is 410 g/mol. The SMILES string of the molecule is CCCOc1cc(OCC)c2c(c1N)C(=O)c1cccc(OCCN3CCCC3)c1-2. The molecule has 2 aromatic carbocycles. The fourth-order valence-electron chi connectivity index (χ4n) is 4.26. The topological polar surface area (TPSA) is 74.0 Å². The molecule has 4 rings (SSSR count). The van der Waals surface area contributed by atoms with Crippen LogP contribution in [-0.4, -0.2) is 50.1 Å². The molecule has 0 atom stereocenters. The van der Waals surface area contributed by atoms with Crippen LogP contribution in [0.4, 0.5) is 5.69 Å². The van der Waals surface area contributed by atoms with Crippen molar-refractivity contribution < 1.29 is 19.0 Å². The molecule has 1 heterocycles. The Hall–Kier alpha value is -2.73. The minimum Gasteiger partial charge on any atom is -0.493 e. The zero-order chi connectivity index (χ0) is 21.1. The molecule has 0 amide bonds. The molecule has 2 aromatic rings. The first-order valence-electron chi connectivity index (χ1n) is 10.9. The van der Waals surface area contributed by atoms with Gasteiger partial charge in [-0.1, -0.05) is 19.1 Å². The first-order chi connectivity index (χ1) is 14.7. The van der Waals surface area contributed by atoms with Crippen LogP contribution in [0.2, 0.25) is 0 Å². The first-order valence-corrected chi connectivity index (χ1v) is 10.9. The Morgan fingerprint density at radius 3 is 2.43 bits per heavy atom. The summed E-state index contributed by atoms with van der Waals surface area (Å²) in [7, 11) is 0. The van der Waals surface area contributed by atoms with Crippen molar-refractivity contribution in [3.8, 4) is 28.4 Å². The number of likely N-dealkylation sites (tertiary alicyclic amines) is 1. The van der Waals surface area contributed by atoms with Gasteiger partial charge in [0.2, 0.25) is 0 Å². The van der Waals surface area contributed by atoms with Crippen LogP contribution in [0, 0.1) is 0 Å². The van der Waals surface area contributed by atoms with Crippen LogP contribution in [0.3, 0.4) is 0 Å². The second-order valence-corrected chi connectivity index (χ2v) is 7.72. The van der Waals surface area contributed by atoms with E-state index in [-0.39, 0.29) is 5.78 Å². The summed E-state index contributed by atoms with van der Waals surface area (Å²) in [4.78, 5) is 15.7. The highest BCUT2D eigenvalue weighted by atomic mass is 16.5. The van der Waals surface area contributed by atoms with Gasteiger partial charge in [-0.2, -0.15) is 0 Å². The Bertz CT molecular complexity index is 935. The first kappa shape index (κ1) is 20.5. The van der Waals surface area contributed by atoms with Crippen molar-refractivity contribution in [3.05, 3.63) is 35.4 Å². The lowest BCUT2D eigenvalue weighted by Crippen LogP contribution is -2.25. The predicted octanol–water partition coefficient (Wildman–Crippen LogP) is 4.14. The van der Waals surface area contributed by atoms with Gasteiger partial charge in [-0.05, 0) is 45.3 Å². The van der Waals surface area contributed by atoms with Gasteiger partial charge >= 0.3 is 0 Å². The van der Waals surface area contributed by atoms with Crippen molar-refractivity contribution in [2.24, 2.45) is 0 Å². The molecule has 2 N–H and O–H groups in total. The number of ether oxygens (including phenoxy) is 3. The van der Waals surface area contributed by atoms with Gasteiger partial charge in [0.15, 0.2) is 5.78 Å². The summed E-state index contributed by atoms with van der Waals surface area (Å²) in [6, 6.07) is 7.40. The van der Waals surface area contributed by atoms with Crippen molar-refractivity contribution in [3.63, 3.8) is 0 Å². The normalized spacial score (nSPS) is 15.2. The lowest BCUT2D eigenvalue weighted by Gasteiger charge is -2.18. The number of anilines is 1. The van der Waals surface area contributed by atoms with Crippen molar-refractivity contribution in [2.75, 3.05) is 45.2 Å². The maximum Gasteiger partial charge on any atom is 0.196 e. The van der Waals surface area contributed by atoms with Crippen molar-refractivity contribution in [1.82, 2.24) is 4.90 Å². The Morgan fingerprint density at radius 1 is 0.933 bits per heavy atom. The lowest BCUT2D eigenvalue weighted by molar-refractivity contribution is 0.104. The second kappa shape index (κ2) is 8.96. The average Bonchev–Trinajstić information content (AvgIpc) is 3.37. The van der Waals surface area contributed by atoms with E-state index < -0.39 is 0 Å². The molecule has 0 spiro atoms. The van der Waals surface area contributed by atoms with Gasteiger partial charge in [0.1, 0.15) is 23.9 Å². The van der Waals surface area contributed by atoms with E-state index in [1.54, 1.807) is 6.07 Å². The van der Waals surface area contributed by atoms with E-state index in [0.29, 0.717) is 53.9 Å². The van der Waals surface area contributed by atoms with Gasteiger partial charge in [0, 0.05) is 29.3 Å². The summed E-state index contributed by atoms with van der Waals surface area (Å²) in [6.45, 7) is 8.68. The summed E-state index contributed by atoms with van der Waals surface area (Å²) in [5.41, 5.74) is 9.31. The number of nitrogens with two attached hydrogens (primary N) is 1. The Balaban J connectivity index is 1.72. The summed E-state index contributed by atoms with van der Waals surface area (Å²) >= 11 is 0. The molecular weight excluding hydrogens is 380 g/mol. The maximum atomic E-state index is 13.3. The third kappa shape index (κ3) is 3.72. The number of benzene rings is 2. The van der Waals surface area contributed by atoms with Crippen molar-refractivity contribution in [1.29, 1.82) is 0 Å². The third-order valence-electron chi connectivity index (χ3n) is 5.67. The number of ketones is 1. The maximum absolute atomic E-state index is 13.3. The van der Waals surface area contributed by atoms with Crippen LogP contribution in [0.1, 0.15) is 49.0 Å². The van der Waals surface area contributed by atoms with Crippen LogP contribution in [0.15, 0.2) is 24.3 Å². The van der Waals surface area contributed by atoms with E-state index in [2.05, 4.69) is 4.90 Å². The molecule has 160 valence electrons. The summed E-state index contributed by atoms with van der Waals surface area (Å²) in [5.74, 6) is 1.69. The molecule has 0 aromatic heterocycles. The average molecular weight is 411 g/mol. The van der Waals surface area contributed by atoms with Gasteiger partial charge in [-0.15, -0.1) is 0 Å². The van der Waals surface area contributed by atoms with Gasteiger partial charge in [0.05, 0.1) is 24.5 Å². The number of carbonyl (C=O) groups excluding carboxylic acids is 1. The molecule has 6 nitrogen and oxygen atoms in total. The summed E-state index contributed by atoms with van der Waals surface area (Å²) in [5, 5.41) is 0. The fourth-order valence-corrected chi connectivity index (χ4v) is 4.26. The number of nitrogen functional groups attached to an aromatic ring is 1. The van der Waals surface area contributed by atoms with Crippen molar-refractivity contribution in [2.45, 2.75) is 33.1 Å². The van der Waals surface area contributed by atoms with Crippen LogP contribution in [-0.2, 0) is 0 Å². The molecule has 0 bridgehead atoms. The molecular formula is C24H30N2O4. The molecule has 0 radical (unpaired) electrons. The molecule has 2 aliphatic rings. The summed E-state index contributed by atoms with van der Waals surface area (Å²) < 4.78 is 17.9. The van der Waals surface area contributed by atoms with Crippen LogP contribution in [0.5, 0.6) is 17.2 Å². The number of carbonyl (C=O) groups is 1. The molecule has 0 unspecified atom stereocenters. The molecule has 1 aliphatic heterocycles. The van der Waals surface area contributed by atoms with E-state index in [9.17, 15) is 4.79 Å². The molecule has 6 heteroatoms. The van der Waals surface area contributed by atoms with E-state index in [1.807, 2.05) is 32.0 Å². The largest absolute Gasteiger partial charge is 0.493 e. The third-order valence-corrected chi connectivity index (χ3v) is 5.67. The second-order valence-electron chi connectivity index (χ2n) is 7.72. The Morgan fingerprint density at radius 2 is 1.70 bits per heavy atom. The standard InChI is InChI=1S/C24H30N2O4/c1-3-13-29-19-15-18(28-4-2)21-20-16(24(27)22(21)23(19)25)8-7-9-17(20)30-14-12-26-10-5-6-11-26/h7-9,15H,3-6,10-14,25H2,1-2H3.